The van der Waals surface area contributed by atoms with Gasteiger partial charge in [-0.2, -0.15) is 0 Å². The molecular weight excluding hydrogens is 360 g/mol. The molecule has 1 heterocycles. The minimum atomic E-state index is -1.38. The van der Waals surface area contributed by atoms with Crippen molar-refractivity contribution in [3.05, 3.63) is 76.8 Å². The van der Waals surface area contributed by atoms with Gasteiger partial charge in [-0.15, -0.1) is 0 Å². The molecule has 0 aliphatic heterocycles. The lowest BCUT2D eigenvalue weighted by atomic mass is 10.2. The molecule has 7 nitrogen and oxygen atoms in total. The van der Waals surface area contributed by atoms with Crippen molar-refractivity contribution in [3.63, 3.8) is 0 Å². The van der Waals surface area contributed by atoms with E-state index in [9.17, 15) is 14.7 Å². The van der Waals surface area contributed by atoms with Crippen molar-refractivity contribution in [3.8, 4) is 11.5 Å². The summed E-state index contributed by atoms with van der Waals surface area (Å²) in [6.07, 6.45) is 1.20. The Kier molecular flexibility index (Phi) is 4.90. The van der Waals surface area contributed by atoms with Crippen LogP contribution in [0.2, 0.25) is 5.02 Å². The van der Waals surface area contributed by atoms with Crippen molar-refractivity contribution in [2.24, 2.45) is 0 Å². The van der Waals surface area contributed by atoms with Gasteiger partial charge in [0, 0.05) is 11.6 Å². The van der Waals surface area contributed by atoms with E-state index in [1.807, 2.05) is 0 Å². The zero-order valence-corrected chi connectivity index (χ0v) is 14.1. The standard InChI is InChI=1S/C18H13ClN2O5/c19-12-3-7-14(8-4-12)26-13-5-1-11(2-6-13)9-21-10-20-15(17(22)23)16(21)18(24)25/h1-8,10H,9H2,(H,22,23)(H,24,25). The van der Waals surface area contributed by atoms with E-state index >= 15 is 0 Å². The summed E-state index contributed by atoms with van der Waals surface area (Å²) < 4.78 is 6.97. The SMILES string of the molecule is O=C(O)c1ncn(Cc2ccc(Oc3ccc(Cl)cc3)cc2)c1C(=O)O. The van der Waals surface area contributed by atoms with Crippen molar-refractivity contribution in [1.29, 1.82) is 0 Å². The van der Waals surface area contributed by atoms with Gasteiger partial charge in [-0.05, 0) is 42.0 Å². The minimum absolute atomic E-state index is 0.170. The summed E-state index contributed by atoms with van der Waals surface area (Å²) in [6.45, 7) is 0.170. The van der Waals surface area contributed by atoms with Crippen LogP contribution in [0.25, 0.3) is 0 Å². The number of hydrogen-bond acceptors (Lipinski definition) is 4. The number of benzene rings is 2. The maximum atomic E-state index is 11.3. The summed E-state index contributed by atoms with van der Waals surface area (Å²) in [5.74, 6) is -1.49. The summed E-state index contributed by atoms with van der Waals surface area (Å²) in [4.78, 5) is 26.1. The number of carboxylic acids is 2. The van der Waals surface area contributed by atoms with E-state index in [0.29, 0.717) is 16.5 Å². The number of ether oxygens (including phenoxy) is 1. The number of hydrogen-bond donors (Lipinski definition) is 2. The summed E-state index contributed by atoms with van der Waals surface area (Å²) in [6, 6.07) is 13.9. The molecule has 3 aromatic rings. The molecule has 26 heavy (non-hydrogen) atoms. The van der Waals surface area contributed by atoms with Crippen LogP contribution in [0.5, 0.6) is 11.5 Å². The first-order chi connectivity index (χ1) is 12.4. The van der Waals surface area contributed by atoms with Gasteiger partial charge in [0.15, 0.2) is 11.4 Å². The first-order valence-corrected chi connectivity index (χ1v) is 7.86. The summed E-state index contributed by atoms with van der Waals surface area (Å²) in [7, 11) is 0. The van der Waals surface area contributed by atoms with Crippen LogP contribution in [0.4, 0.5) is 0 Å². The molecule has 0 fully saturated rings. The van der Waals surface area contributed by atoms with Gasteiger partial charge in [-0.25, -0.2) is 14.6 Å². The summed E-state index contributed by atoms with van der Waals surface area (Å²) >= 11 is 5.83. The highest BCUT2D eigenvalue weighted by Gasteiger charge is 2.22. The van der Waals surface area contributed by atoms with E-state index in [-0.39, 0.29) is 12.2 Å². The van der Waals surface area contributed by atoms with Crippen molar-refractivity contribution < 1.29 is 24.5 Å². The number of aromatic carboxylic acids is 2. The quantitative estimate of drug-likeness (QED) is 0.682. The molecule has 0 spiro atoms. The molecule has 1 aromatic heterocycles. The molecule has 0 radical (unpaired) electrons. The Bertz CT molecular complexity index is 949. The smallest absolute Gasteiger partial charge is 0.357 e. The van der Waals surface area contributed by atoms with Gasteiger partial charge in [0.25, 0.3) is 0 Å². The fourth-order valence-corrected chi connectivity index (χ4v) is 2.51. The largest absolute Gasteiger partial charge is 0.476 e. The molecular formula is C18H13ClN2O5. The number of halogens is 1. The molecule has 0 unspecified atom stereocenters. The normalized spacial score (nSPS) is 10.5. The number of carboxylic acid groups (broad SMARTS) is 2. The number of rotatable bonds is 6. The zero-order valence-electron chi connectivity index (χ0n) is 13.3. The Hall–Kier alpha value is -3.32. The van der Waals surface area contributed by atoms with E-state index in [4.69, 9.17) is 21.4 Å². The molecule has 0 aliphatic carbocycles. The van der Waals surface area contributed by atoms with Crippen molar-refractivity contribution >= 4 is 23.5 Å². The lowest BCUT2D eigenvalue weighted by molar-refractivity contribution is 0.0640. The maximum Gasteiger partial charge on any atom is 0.357 e. The molecule has 0 saturated carbocycles. The summed E-state index contributed by atoms with van der Waals surface area (Å²) in [5, 5.41) is 18.9. The fourth-order valence-electron chi connectivity index (χ4n) is 2.38. The number of carbonyl (C=O) groups is 2. The second kappa shape index (κ2) is 7.28. The van der Waals surface area contributed by atoms with Gasteiger partial charge >= 0.3 is 11.9 Å². The van der Waals surface area contributed by atoms with Crippen LogP contribution in [0, 0.1) is 0 Å². The highest BCUT2D eigenvalue weighted by atomic mass is 35.5. The molecule has 132 valence electrons. The molecule has 2 aromatic carbocycles. The molecule has 8 heteroatoms. The van der Waals surface area contributed by atoms with E-state index in [1.54, 1.807) is 48.5 Å². The van der Waals surface area contributed by atoms with Gasteiger partial charge in [0.2, 0.25) is 0 Å². The third kappa shape index (κ3) is 3.84. The first-order valence-electron chi connectivity index (χ1n) is 7.48. The molecule has 0 atom stereocenters. The highest BCUT2D eigenvalue weighted by Crippen LogP contribution is 2.23. The van der Waals surface area contributed by atoms with Gasteiger partial charge in [0.05, 0.1) is 6.33 Å². The zero-order chi connectivity index (χ0) is 18.7. The second-order valence-electron chi connectivity index (χ2n) is 5.38. The third-order valence-corrected chi connectivity index (χ3v) is 3.82. The fraction of sp³-hybridized carbons (Fsp3) is 0.0556. The highest BCUT2D eigenvalue weighted by molar-refractivity contribution is 6.30. The third-order valence-electron chi connectivity index (χ3n) is 3.57. The van der Waals surface area contributed by atoms with Crippen LogP contribution in [0.15, 0.2) is 54.9 Å². The Labute approximate surface area is 153 Å². The van der Waals surface area contributed by atoms with E-state index < -0.39 is 17.6 Å². The van der Waals surface area contributed by atoms with Crippen LogP contribution in [-0.4, -0.2) is 31.7 Å². The Balaban J connectivity index is 1.76. The van der Waals surface area contributed by atoms with Crippen LogP contribution in [-0.2, 0) is 6.54 Å². The average molecular weight is 373 g/mol. The van der Waals surface area contributed by atoms with Crippen molar-refractivity contribution in [2.45, 2.75) is 6.54 Å². The molecule has 3 rings (SSSR count). The van der Waals surface area contributed by atoms with Crippen LogP contribution < -0.4 is 4.74 Å². The van der Waals surface area contributed by atoms with Crippen LogP contribution in [0.1, 0.15) is 26.5 Å². The predicted octanol–water partition coefficient (Wildman–Crippen LogP) is 3.77. The van der Waals surface area contributed by atoms with Gasteiger partial charge in [-0.1, -0.05) is 23.7 Å². The molecule has 0 bridgehead atoms. The van der Waals surface area contributed by atoms with Gasteiger partial charge in [0.1, 0.15) is 11.5 Å². The molecule has 2 N–H and O–H groups in total. The lowest BCUT2D eigenvalue weighted by Crippen LogP contribution is -2.13. The number of aromatic nitrogens is 2. The van der Waals surface area contributed by atoms with Crippen molar-refractivity contribution in [1.82, 2.24) is 9.55 Å². The maximum absolute atomic E-state index is 11.3. The number of imidazole rings is 1. The molecule has 0 saturated heterocycles. The average Bonchev–Trinajstić information content (AvgIpc) is 3.03. The van der Waals surface area contributed by atoms with Crippen LogP contribution in [0.3, 0.4) is 0 Å². The Morgan fingerprint density at radius 3 is 2.08 bits per heavy atom. The van der Waals surface area contributed by atoms with Crippen LogP contribution >= 0.6 is 11.6 Å². The molecule has 0 aliphatic rings. The number of nitrogens with zero attached hydrogens (tertiary/aromatic N) is 2. The Morgan fingerprint density at radius 1 is 0.962 bits per heavy atom. The van der Waals surface area contributed by atoms with E-state index in [1.165, 1.54) is 10.9 Å². The van der Waals surface area contributed by atoms with Gasteiger partial charge < -0.3 is 19.5 Å². The summed E-state index contributed by atoms with van der Waals surface area (Å²) in [5.41, 5.74) is -0.0792. The van der Waals surface area contributed by atoms with Crippen molar-refractivity contribution in [2.75, 3.05) is 0 Å². The predicted molar refractivity (Wildman–Crippen MR) is 93.2 cm³/mol. The lowest BCUT2D eigenvalue weighted by Gasteiger charge is -2.08. The van der Waals surface area contributed by atoms with E-state index in [2.05, 4.69) is 4.98 Å². The first kappa shape index (κ1) is 17.5. The minimum Gasteiger partial charge on any atom is -0.476 e. The Morgan fingerprint density at radius 2 is 1.54 bits per heavy atom. The van der Waals surface area contributed by atoms with Gasteiger partial charge in [-0.3, -0.25) is 0 Å². The second-order valence-corrected chi connectivity index (χ2v) is 5.82. The monoisotopic (exact) mass is 372 g/mol. The molecule has 0 amide bonds. The topological polar surface area (TPSA) is 102 Å². The van der Waals surface area contributed by atoms with E-state index in [0.717, 1.165) is 5.56 Å².